The molecule has 4 amide bonds. The van der Waals surface area contributed by atoms with E-state index in [4.69, 9.17) is 46.4 Å². The van der Waals surface area contributed by atoms with E-state index in [1.165, 1.54) is 65.3 Å². The summed E-state index contributed by atoms with van der Waals surface area (Å²) >= 11 is 24.0. The van der Waals surface area contributed by atoms with Gasteiger partial charge in [0, 0.05) is 164 Å². The molecule has 2 aromatic carbocycles. The van der Waals surface area contributed by atoms with Crippen molar-refractivity contribution in [3.05, 3.63) is 151 Å². The summed E-state index contributed by atoms with van der Waals surface area (Å²) in [7, 11) is 0. The van der Waals surface area contributed by atoms with Crippen LogP contribution in [-0.4, -0.2) is 147 Å². The van der Waals surface area contributed by atoms with Gasteiger partial charge in [0.2, 0.25) is 0 Å². The maximum atomic E-state index is 13.2. The molecule has 0 atom stereocenters. The first-order valence-corrected chi connectivity index (χ1v) is 29.5. The topological polar surface area (TPSA) is 153 Å². The fraction of sp³-hybridized carbons (Fsp3) is 0.469. The zero-order valence-electron chi connectivity index (χ0n) is 47.8. The van der Waals surface area contributed by atoms with Gasteiger partial charge in [-0.15, -0.1) is 0 Å². The standard InChI is InChI=1S/C19H22ClFN4O.C18H19Cl2FN4O.C12H19N3.C11H16ClN3.4CH4/c1-13-11-22-12-14(2)18(13)24-6-3-7-25(9-8-24)19(26)23-15-4-5-17(21)16(20)10-15;1-12-10-22-11-15(20)17(12)24-5-2-6-25(8-7-24)18(26)23-13-3-4-16(21)14(19)9-13;1-10-8-14-9-11(2)12(10)15-6-3-4-13-5-7-15;1-9-7-14-8-10(12)11(9)15-5-2-3-13-4-6-15;;;;/h4-5,10-12H,3,6-9H2,1-2H3,(H,23,26);3-4,9-11H,2,5-8H2,1H3,(H,23,26);8-9,13H,3-7H2,1-2H3;7-8,13H,2-6H2,1H3;4*1H4. The summed E-state index contributed by atoms with van der Waals surface area (Å²) in [5, 5.41) is 13.7. The molecule has 0 spiro atoms. The molecule has 4 aromatic heterocycles. The molecule has 4 saturated heterocycles. The minimum atomic E-state index is -0.514. The Morgan fingerprint density at radius 1 is 0.395 bits per heavy atom. The van der Waals surface area contributed by atoms with Crippen molar-refractivity contribution < 1.29 is 18.4 Å². The Morgan fingerprint density at radius 3 is 1.07 bits per heavy atom. The number of nitrogens with zero attached hydrogens (tertiary/aromatic N) is 10. The minimum Gasteiger partial charge on any atom is -0.370 e. The number of anilines is 6. The third-order valence-electron chi connectivity index (χ3n) is 14.5. The summed E-state index contributed by atoms with van der Waals surface area (Å²) in [6.07, 6.45) is 18.8. The van der Waals surface area contributed by atoms with E-state index in [2.05, 4.69) is 95.4 Å². The lowest BCUT2D eigenvalue weighted by atomic mass is 10.1. The molecule has 0 radical (unpaired) electrons. The highest BCUT2D eigenvalue weighted by molar-refractivity contribution is 6.33. The fourth-order valence-corrected chi connectivity index (χ4v) is 11.6. The summed E-state index contributed by atoms with van der Waals surface area (Å²) in [5.41, 5.74) is 12.7. The van der Waals surface area contributed by atoms with Gasteiger partial charge in [-0.25, -0.2) is 18.4 Å². The first kappa shape index (κ1) is 74.0. The second-order valence-electron chi connectivity index (χ2n) is 20.8. The van der Waals surface area contributed by atoms with Crippen molar-refractivity contribution in [3.8, 4) is 0 Å². The number of carbonyl (C=O) groups excluding carboxylic acids is 2. The number of aromatic nitrogens is 4. The fourth-order valence-electron chi connectivity index (χ4n) is 10.6. The van der Waals surface area contributed by atoms with E-state index < -0.39 is 11.6 Å². The number of carbonyl (C=O) groups is 2. The van der Waals surface area contributed by atoms with Crippen molar-refractivity contribution >= 4 is 92.6 Å². The molecule has 22 heteroatoms. The molecule has 10 rings (SSSR count). The summed E-state index contributed by atoms with van der Waals surface area (Å²) in [6.45, 7) is 26.7. The Labute approximate surface area is 531 Å². The third-order valence-corrected chi connectivity index (χ3v) is 15.7. The van der Waals surface area contributed by atoms with Gasteiger partial charge in [0.25, 0.3) is 0 Å². The number of hydrogen-bond acceptors (Lipinski definition) is 12. The van der Waals surface area contributed by atoms with Crippen molar-refractivity contribution in [1.29, 1.82) is 0 Å². The van der Waals surface area contributed by atoms with Gasteiger partial charge < -0.3 is 50.7 Å². The second kappa shape index (κ2) is 36.8. The number of amides is 4. The first-order chi connectivity index (χ1) is 39.5. The van der Waals surface area contributed by atoms with Gasteiger partial charge in [0.1, 0.15) is 11.6 Å². The summed E-state index contributed by atoms with van der Waals surface area (Å²) < 4.78 is 26.5. The Kier molecular flexibility index (Phi) is 31.6. The number of urea groups is 2. The molecule has 0 saturated carbocycles. The highest BCUT2D eigenvalue weighted by Gasteiger charge is 2.24. The van der Waals surface area contributed by atoms with Gasteiger partial charge in [-0.3, -0.25) is 19.9 Å². The van der Waals surface area contributed by atoms with E-state index in [9.17, 15) is 18.4 Å². The summed E-state index contributed by atoms with van der Waals surface area (Å²) in [5.74, 6) is -1.02. The number of halogens is 6. The Balaban J connectivity index is 0.000000304. The van der Waals surface area contributed by atoms with Crippen molar-refractivity contribution in [1.82, 2.24) is 40.4 Å². The van der Waals surface area contributed by atoms with E-state index in [0.717, 1.165) is 130 Å². The van der Waals surface area contributed by atoms with Crippen LogP contribution in [0.5, 0.6) is 0 Å². The molecule has 4 aliphatic heterocycles. The molecule has 0 aliphatic carbocycles. The van der Waals surface area contributed by atoms with Gasteiger partial charge in [-0.1, -0.05) is 76.1 Å². The molecule has 0 bridgehead atoms. The predicted molar refractivity (Wildman–Crippen MR) is 359 cm³/mol. The maximum absolute atomic E-state index is 13.2. The number of benzene rings is 2. The third kappa shape index (κ3) is 21.0. The highest BCUT2D eigenvalue weighted by atomic mass is 35.5. The van der Waals surface area contributed by atoms with Crippen molar-refractivity contribution in [2.45, 2.75) is 96.9 Å². The van der Waals surface area contributed by atoms with Crippen LogP contribution in [0.2, 0.25) is 20.1 Å². The number of hydrogen-bond donors (Lipinski definition) is 4. The van der Waals surface area contributed by atoms with E-state index in [1.54, 1.807) is 28.4 Å². The molecule has 0 unspecified atom stereocenters. The summed E-state index contributed by atoms with van der Waals surface area (Å²) in [6, 6.07) is 7.87. The average Bonchev–Trinajstić information content (AvgIpc) is 4.26. The van der Waals surface area contributed by atoms with Crippen LogP contribution in [0.15, 0.2) is 86.0 Å². The first-order valence-electron chi connectivity index (χ1n) is 27.9. The number of nitrogens with one attached hydrogen (secondary N) is 4. The van der Waals surface area contributed by atoms with Crippen LogP contribution >= 0.6 is 46.4 Å². The monoisotopic (exact) mass is 1270 g/mol. The number of pyridine rings is 4. The zero-order valence-corrected chi connectivity index (χ0v) is 50.8. The summed E-state index contributed by atoms with van der Waals surface area (Å²) in [4.78, 5) is 54.5. The van der Waals surface area contributed by atoms with Crippen LogP contribution in [0.25, 0.3) is 0 Å². The SMILES string of the molecule is C.C.C.C.Cc1cncc(C)c1N1CCCN(C(=O)Nc2ccc(F)c(Cl)c2)CC1.Cc1cncc(C)c1N1CCCNCC1.Cc1cncc(Cl)c1N1CCCN(C(=O)Nc2ccc(F)c(Cl)c2)CC1.Cc1cncc(Cl)c1N1CCCNCC1. The molecule has 472 valence electrons. The molecular weight excluding hydrogens is 1180 g/mol. The van der Waals surface area contributed by atoms with Crippen molar-refractivity contribution in [2.24, 2.45) is 0 Å². The van der Waals surface area contributed by atoms with Gasteiger partial charge in [-0.2, -0.15) is 0 Å². The van der Waals surface area contributed by atoms with E-state index in [-0.39, 0.29) is 51.8 Å². The zero-order chi connectivity index (χ0) is 58.7. The average molecular weight is 1270 g/mol. The van der Waals surface area contributed by atoms with E-state index in [0.29, 0.717) is 49.1 Å². The normalized spacial score (nSPS) is 15.2. The maximum Gasteiger partial charge on any atom is 0.321 e. The van der Waals surface area contributed by atoms with Crippen LogP contribution in [0.1, 0.15) is 88.8 Å². The molecule has 4 fully saturated rings. The van der Waals surface area contributed by atoms with Crippen molar-refractivity contribution in [2.75, 3.05) is 135 Å². The van der Waals surface area contributed by atoms with Crippen LogP contribution in [0.3, 0.4) is 0 Å². The molecule has 86 heavy (non-hydrogen) atoms. The van der Waals surface area contributed by atoms with E-state index in [1.807, 2.05) is 37.9 Å². The second-order valence-corrected chi connectivity index (χ2v) is 22.4. The Hall–Kier alpha value is -6.28. The molecule has 8 heterocycles. The van der Waals surface area contributed by atoms with Crippen LogP contribution in [0, 0.1) is 53.2 Å². The molecule has 4 N–H and O–H groups in total. The predicted octanol–water partition coefficient (Wildman–Crippen LogP) is 14.7. The smallest absolute Gasteiger partial charge is 0.321 e. The lowest BCUT2D eigenvalue weighted by Crippen LogP contribution is -2.38. The molecule has 16 nitrogen and oxygen atoms in total. The Bertz CT molecular complexity index is 2790. The lowest BCUT2D eigenvalue weighted by Gasteiger charge is -2.26. The van der Waals surface area contributed by atoms with Gasteiger partial charge in [0.15, 0.2) is 0 Å². The minimum absolute atomic E-state index is 0. The van der Waals surface area contributed by atoms with Crippen LogP contribution in [0.4, 0.5) is 52.5 Å². The quantitative estimate of drug-likeness (QED) is 0.126. The highest BCUT2D eigenvalue weighted by Crippen LogP contribution is 2.32. The lowest BCUT2D eigenvalue weighted by molar-refractivity contribution is 0.214. The molecular formula is C64H92Cl4F2N14O2. The Morgan fingerprint density at radius 2 is 0.709 bits per heavy atom. The molecule has 6 aromatic rings. The van der Waals surface area contributed by atoms with E-state index >= 15 is 0 Å². The van der Waals surface area contributed by atoms with Crippen molar-refractivity contribution in [3.63, 3.8) is 0 Å². The van der Waals surface area contributed by atoms with Crippen LogP contribution in [-0.2, 0) is 0 Å². The molecule has 4 aliphatic rings. The number of rotatable bonds is 6. The largest absolute Gasteiger partial charge is 0.370 e. The van der Waals surface area contributed by atoms with Gasteiger partial charge in [-0.05, 0) is 150 Å². The van der Waals surface area contributed by atoms with Gasteiger partial charge >= 0.3 is 12.1 Å². The van der Waals surface area contributed by atoms with Crippen LogP contribution < -0.4 is 40.9 Å². The number of aryl methyl sites for hydroxylation is 6. The van der Waals surface area contributed by atoms with Gasteiger partial charge in [0.05, 0.1) is 31.5 Å².